The van der Waals surface area contributed by atoms with Gasteiger partial charge >= 0.3 is 5.97 Å². The first-order chi connectivity index (χ1) is 9.49. The van der Waals surface area contributed by atoms with Crippen LogP contribution in [0.3, 0.4) is 0 Å². The van der Waals surface area contributed by atoms with Crippen LogP contribution in [0.4, 0.5) is 0 Å². The number of hydrogen-bond donors (Lipinski definition) is 2. The Bertz CT molecular complexity index is 485. The predicted molar refractivity (Wildman–Crippen MR) is 76.4 cm³/mol. The Morgan fingerprint density at radius 1 is 1.40 bits per heavy atom. The summed E-state index contributed by atoms with van der Waals surface area (Å²) in [6, 6.07) is 4.91. The van der Waals surface area contributed by atoms with E-state index >= 15 is 0 Å². The molecule has 1 unspecified atom stereocenters. The third-order valence-electron chi connectivity index (χ3n) is 3.01. The predicted octanol–water partition coefficient (Wildman–Crippen LogP) is 2.03. The number of ether oxygens (including phenoxy) is 1. The van der Waals surface area contributed by atoms with Crippen LogP contribution in [0, 0.1) is 6.92 Å². The number of carbonyl (C=O) groups excluding carboxylic acids is 1. The summed E-state index contributed by atoms with van der Waals surface area (Å²) in [6.45, 7) is 4.23. The number of aryl methyl sites for hydroxylation is 1. The third-order valence-corrected chi connectivity index (χ3v) is 3.01. The van der Waals surface area contributed by atoms with Crippen LogP contribution < -0.4 is 10.1 Å². The lowest BCUT2D eigenvalue weighted by Crippen LogP contribution is -2.35. The Morgan fingerprint density at radius 2 is 2.10 bits per heavy atom. The summed E-state index contributed by atoms with van der Waals surface area (Å²) < 4.78 is 5.47. The highest BCUT2D eigenvalue weighted by Crippen LogP contribution is 2.22. The van der Waals surface area contributed by atoms with Crippen molar-refractivity contribution in [2.75, 3.05) is 13.7 Å². The van der Waals surface area contributed by atoms with Crippen molar-refractivity contribution in [2.45, 2.75) is 32.7 Å². The van der Waals surface area contributed by atoms with Gasteiger partial charge in [-0.1, -0.05) is 11.6 Å². The first-order valence-corrected chi connectivity index (χ1v) is 6.66. The van der Waals surface area contributed by atoms with Crippen molar-refractivity contribution in [3.05, 3.63) is 29.3 Å². The fraction of sp³-hybridized carbons (Fsp3) is 0.467. The molecule has 110 valence electrons. The maximum absolute atomic E-state index is 12.5. The van der Waals surface area contributed by atoms with Crippen molar-refractivity contribution in [1.82, 2.24) is 5.32 Å². The number of ketones is 1. The SMILES string of the molecule is CCOc1ccc(C)cc1C(=O)C(CCC(=O)O)NC. The third kappa shape index (κ3) is 4.35. The van der Waals surface area contributed by atoms with Crippen molar-refractivity contribution in [3.8, 4) is 5.75 Å². The van der Waals surface area contributed by atoms with Gasteiger partial charge in [0.2, 0.25) is 0 Å². The van der Waals surface area contributed by atoms with Crippen molar-refractivity contribution >= 4 is 11.8 Å². The molecule has 0 aliphatic rings. The van der Waals surface area contributed by atoms with Gasteiger partial charge in [0.25, 0.3) is 0 Å². The number of benzene rings is 1. The minimum Gasteiger partial charge on any atom is -0.493 e. The summed E-state index contributed by atoms with van der Waals surface area (Å²) in [5.41, 5.74) is 1.46. The van der Waals surface area contributed by atoms with E-state index in [1.807, 2.05) is 19.9 Å². The molecule has 1 aromatic rings. The Balaban J connectivity index is 2.98. The van der Waals surface area contributed by atoms with E-state index in [9.17, 15) is 9.59 Å². The molecular weight excluding hydrogens is 258 g/mol. The number of nitrogens with one attached hydrogen (secondary N) is 1. The smallest absolute Gasteiger partial charge is 0.303 e. The van der Waals surface area contributed by atoms with Crippen LogP contribution in [0.15, 0.2) is 18.2 Å². The molecule has 0 fully saturated rings. The Morgan fingerprint density at radius 3 is 2.65 bits per heavy atom. The number of carboxylic acids is 1. The van der Waals surface area contributed by atoms with Crippen molar-refractivity contribution in [1.29, 1.82) is 0 Å². The lowest BCUT2D eigenvalue weighted by molar-refractivity contribution is -0.137. The Hall–Kier alpha value is -1.88. The highest BCUT2D eigenvalue weighted by molar-refractivity contribution is 6.02. The standard InChI is InChI=1S/C15H21NO4/c1-4-20-13-7-5-10(2)9-11(13)15(19)12(16-3)6-8-14(17)18/h5,7,9,12,16H,4,6,8H2,1-3H3,(H,17,18). The van der Waals surface area contributed by atoms with Crippen LogP contribution in [-0.4, -0.2) is 36.6 Å². The molecule has 0 radical (unpaired) electrons. The zero-order valence-electron chi connectivity index (χ0n) is 12.1. The minimum absolute atomic E-state index is 0.0486. The van der Waals surface area contributed by atoms with E-state index in [4.69, 9.17) is 9.84 Å². The van der Waals surface area contributed by atoms with E-state index in [0.717, 1.165) is 5.56 Å². The van der Waals surface area contributed by atoms with Gasteiger partial charge in [0.15, 0.2) is 5.78 Å². The largest absolute Gasteiger partial charge is 0.493 e. The van der Waals surface area contributed by atoms with Crippen LogP contribution >= 0.6 is 0 Å². The number of likely N-dealkylation sites (N-methyl/N-ethyl adjacent to an activating group) is 1. The van der Waals surface area contributed by atoms with Crippen LogP contribution in [0.1, 0.15) is 35.7 Å². The second kappa shape index (κ2) is 7.65. The topological polar surface area (TPSA) is 75.6 Å². The van der Waals surface area contributed by atoms with Gasteiger partial charge in [-0.3, -0.25) is 9.59 Å². The molecule has 0 spiro atoms. The summed E-state index contributed by atoms with van der Waals surface area (Å²) in [5.74, 6) is -0.508. The Labute approximate surface area is 118 Å². The van der Waals surface area contributed by atoms with Gasteiger partial charge in [-0.05, 0) is 39.4 Å². The highest BCUT2D eigenvalue weighted by atomic mass is 16.5. The lowest BCUT2D eigenvalue weighted by atomic mass is 9.98. The highest BCUT2D eigenvalue weighted by Gasteiger charge is 2.22. The van der Waals surface area contributed by atoms with Crippen molar-refractivity contribution < 1.29 is 19.4 Å². The Kier molecular flexibility index (Phi) is 6.18. The number of rotatable bonds is 8. The molecule has 1 rings (SSSR count). The molecule has 2 N–H and O–H groups in total. The fourth-order valence-electron chi connectivity index (χ4n) is 1.98. The quantitative estimate of drug-likeness (QED) is 0.712. The molecule has 1 atom stereocenters. The molecule has 20 heavy (non-hydrogen) atoms. The second-order valence-electron chi connectivity index (χ2n) is 4.57. The first-order valence-electron chi connectivity index (χ1n) is 6.66. The average Bonchev–Trinajstić information content (AvgIpc) is 2.41. The van der Waals surface area contributed by atoms with E-state index in [0.29, 0.717) is 17.9 Å². The molecule has 5 nitrogen and oxygen atoms in total. The molecule has 0 aliphatic carbocycles. The normalized spacial score (nSPS) is 11.9. The lowest BCUT2D eigenvalue weighted by Gasteiger charge is -2.17. The number of Topliss-reactive ketones (excluding diaryl/α,β-unsaturated/α-hetero) is 1. The van der Waals surface area contributed by atoms with Crippen LogP contribution in [0.5, 0.6) is 5.75 Å². The molecule has 0 amide bonds. The maximum atomic E-state index is 12.5. The molecule has 0 aromatic heterocycles. The molecule has 5 heteroatoms. The number of carboxylic acid groups (broad SMARTS) is 1. The zero-order chi connectivity index (χ0) is 15.1. The summed E-state index contributed by atoms with van der Waals surface area (Å²) in [6.07, 6.45) is 0.206. The minimum atomic E-state index is -0.910. The van der Waals surface area contributed by atoms with E-state index in [-0.39, 0.29) is 18.6 Å². The van der Waals surface area contributed by atoms with E-state index in [1.54, 1.807) is 19.2 Å². The van der Waals surface area contributed by atoms with Gasteiger partial charge in [-0.2, -0.15) is 0 Å². The summed E-state index contributed by atoms with van der Waals surface area (Å²) in [4.78, 5) is 23.1. The van der Waals surface area contributed by atoms with Gasteiger partial charge in [0.05, 0.1) is 18.2 Å². The molecule has 0 aliphatic heterocycles. The first kappa shape index (κ1) is 16.2. The van der Waals surface area contributed by atoms with Gasteiger partial charge in [-0.25, -0.2) is 0 Å². The van der Waals surface area contributed by atoms with Gasteiger partial charge in [-0.15, -0.1) is 0 Å². The number of carbonyl (C=O) groups is 2. The molecule has 0 saturated carbocycles. The van der Waals surface area contributed by atoms with Crippen LogP contribution in [0.25, 0.3) is 0 Å². The molecule has 0 heterocycles. The van der Waals surface area contributed by atoms with Gasteiger partial charge in [0.1, 0.15) is 5.75 Å². The second-order valence-corrected chi connectivity index (χ2v) is 4.57. The molecule has 1 aromatic carbocycles. The summed E-state index contributed by atoms with van der Waals surface area (Å²) in [7, 11) is 1.65. The van der Waals surface area contributed by atoms with Crippen molar-refractivity contribution in [3.63, 3.8) is 0 Å². The number of hydrogen-bond acceptors (Lipinski definition) is 4. The number of aliphatic carboxylic acids is 1. The zero-order valence-corrected chi connectivity index (χ0v) is 12.1. The average molecular weight is 279 g/mol. The molecule has 0 bridgehead atoms. The fourth-order valence-corrected chi connectivity index (χ4v) is 1.98. The molecular formula is C15H21NO4. The van der Waals surface area contributed by atoms with E-state index < -0.39 is 12.0 Å². The van der Waals surface area contributed by atoms with E-state index in [1.165, 1.54) is 0 Å². The van der Waals surface area contributed by atoms with Crippen LogP contribution in [0.2, 0.25) is 0 Å². The van der Waals surface area contributed by atoms with Crippen LogP contribution in [-0.2, 0) is 4.79 Å². The van der Waals surface area contributed by atoms with Gasteiger partial charge < -0.3 is 15.2 Å². The summed E-state index contributed by atoms with van der Waals surface area (Å²) >= 11 is 0. The maximum Gasteiger partial charge on any atom is 0.303 e. The molecule has 0 saturated heterocycles. The monoisotopic (exact) mass is 279 g/mol. The van der Waals surface area contributed by atoms with Crippen molar-refractivity contribution in [2.24, 2.45) is 0 Å². The van der Waals surface area contributed by atoms with Gasteiger partial charge in [0, 0.05) is 6.42 Å². The summed E-state index contributed by atoms with van der Waals surface area (Å²) in [5, 5.41) is 11.6. The van der Waals surface area contributed by atoms with E-state index in [2.05, 4.69) is 5.32 Å².